The van der Waals surface area contributed by atoms with Crippen LogP contribution >= 0.6 is 0 Å². The second-order valence-electron chi connectivity index (χ2n) is 8.32. The monoisotopic (exact) mass is 396 g/mol. The van der Waals surface area contributed by atoms with Gasteiger partial charge in [-0.15, -0.1) is 5.10 Å². The summed E-state index contributed by atoms with van der Waals surface area (Å²) in [6.45, 7) is 5.16. The average Bonchev–Trinajstić information content (AvgIpc) is 3.46. The Morgan fingerprint density at radius 3 is 2.83 bits per heavy atom. The summed E-state index contributed by atoms with van der Waals surface area (Å²) >= 11 is 0. The van der Waals surface area contributed by atoms with Crippen molar-refractivity contribution in [3.63, 3.8) is 0 Å². The van der Waals surface area contributed by atoms with E-state index in [1.165, 1.54) is 0 Å². The molecule has 3 aliphatic rings. The first-order valence-electron chi connectivity index (χ1n) is 10.2. The smallest absolute Gasteiger partial charge is 0.243 e. The van der Waals surface area contributed by atoms with Crippen molar-refractivity contribution < 1.29 is 9.47 Å². The van der Waals surface area contributed by atoms with Crippen LogP contribution in [0.1, 0.15) is 19.3 Å². The van der Waals surface area contributed by atoms with Gasteiger partial charge < -0.3 is 19.7 Å². The van der Waals surface area contributed by atoms with E-state index in [0.717, 1.165) is 81.4 Å². The van der Waals surface area contributed by atoms with Crippen LogP contribution in [0.4, 0.5) is 11.6 Å². The Kier molecular flexibility index (Phi) is 3.95. The number of H-pyrrole nitrogens is 1. The standard InChI is InChI=1S/C19H24N8O2/c1-4-28-5-2-14(1)23-18-24-17-16(26-9-19(10-26)3-6-29-11-19)15(13-7-21-22-8-13)20-12-27(17)25-18/h7-8,12,14H,1-6,9-11H2,(H,21,22)(H,23,25). The fourth-order valence-corrected chi connectivity index (χ4v) is 4.63. The van der Waals surface area contributed by atoms with Crippen LogP contribution in [0.2, 0.25) is 0 Å². The van der Waals surface area contributed by atoms with E-state index in [9.17, 15) is 0 Å². The van der Waals surface area contributed by atoms with E-state index in [1.807, 2.05) is 6.20 Å². The second kappa shape index (κ2) is 6.67. The fourth-order valence-electron chi connectivity index (χ4n) is 4.63. The molecule has 3 saturated heterocycles. The van der Waals surface area contributed by atoms with E-state index in [0.29, 0.717) is 12.0 Å². The summed E-state index contributed by atoms with van der Waals surface area (Å²) in [7, 11) is 0. The Balaban J connectivity index is 1.38. The van der Waals surface area contributed by atoms with Crippen molar-refractivity contribution in [1.29, 1.82) is 0 Å². The van der Waals surface area contributed by atoms with Crippen molar-refractivity contribution in [3.8, 4) is 11.3 Å². The molecule has 3 aromatic heterocycles. The van der Waals surface area contributed by atoms with Gasteiger partial charge in [-0.2, -0.15) is 14.6 Å². The highest BCUT2D eigenvalue weighted by Gasteiger charge is 2.47. The second-order valence-corrected chi connectivity index (χ2v) is 8.32. The van der Waals surface area contributed by atoms with Gasteiger partial charge >= 0.3 is 0 Å². The molecule has 0 bridgehead atoms. The molecule has 1 spiro atoms. The van der Waals surface area contributed by atoms with Gasteiger partial charge in [0.25, 0.3) is 0 Å². The molecule has 0 unspecified atom stereocenters. The van der Waals surface area contributed by atoms with Gasteiger partial charge in [-0.25, -0.2) is 4.98 Å². The number of rotatable bonds is 4. The maximum absolute atomic E-state index is 5.65. The summed E-state index contributed by atoms with van der Waals surface area (Å²) in [5.74, 6) is 0.642. The maximum Gasteiger partial charge on any atom is 0.243 e. The molecular weight excluding hydrogens is 372 g/mol. The molecule has 3 aromatic rings. The van der Waals surface area contributed by atoms with Gasteiger partial charge in [0, 0.05) is 56.1 Å². The zero-order chi connectivity index (χ0) is 19.3. The molecule has 0 aliphatic carbocycles. The molecule has 0 aromatic carbocycles. The van der Waals surface area contributed by atoms with Crippen molar-refractivity contribution in [2.75, 3.05) is 49.7 Å². The molecule has 10 heteroatoms. The molecule has 0 radical (unpaired) electrons. The number of hydrogen-bond acceptors (Lipinski definition) is 8. The van der Waals surface area contributed by atoms with Crippen molar-refractivity contribution in [2.24, 2.45) is 5.41 Å². The third kappa shape index (κ3) is 2.94. The highest BCUT2D eigenvalue weighted by atomic mass is 16.5. The first-order valence-corrected chi connectivity index (χ1v) is 10.2. The number of fused-ring (bicyclic) bond motifs is 1. The SMILES string of the molecule is c1n[nH]cc1-c1ncn2nc(NC3CCOCC3)nc2c1N1CC2(CCOC2)C1. The van der Waals surface area contributed by atoms with E-state index >= 15 is 0 Å². The van der Waals surface area contributed by atoms with Crippen LogP contribution in [-0.2, 0) is 9.47 Å². The lowest BCUT2D eigenvalue weighted by Gasteiger charge is -2.48. The largest absolute Gasteiger partial charge is 0.381 e. The zero-order valence-corrected chi connectivity index (χ0v) is 16.2. The highest BCUT2D eigenvalue weighted by Crippen LogP contribution is 2.44. The molecular formula is C19H24N8O2. The van der Waals surface area contributed by atoms with Crippen LogP contribution in [0, 0.1) is 5.41 Å². The Labute approximate surface area is 167 Å². The lowest BCUT2D eigenvalue weighted by Crippen LogP contribution is -2.57. The number of nitrogens with zero attached hydrogens (tertiary/aromatic N) is 6. The van der Waals surface area contributed by atoms with Crippen LogP contribution < -0.4 is 10.2 Å². The zero-order valence-electron chi connectivity index (χ0n) is 16.2. The predicted molar refractivity (Wildman–Crippen MR) is 106 cm³/mol. The molecule has 6 rings (SSSR count). The van der Waals surface area contributed by atoms with Gasteiger partial charge in [0.05, 0.1) is 12.8 Å². The van der Waals surface area contributed by atoms with Crippen LogP contribution in [0.15, 0.2) is 18.7 Å². The van der Waals surface area contributed by atoms with Gasteiger partial charge in [-0.1, -0.05) is 0 Å². The van der Waals surface area contributed by atoms with Gasteiger partial charge in [0.1, 0.15) is 17.7 Å². The molecule has 152 valence electrons. The molecule has 10 nitrogen and oxygen atoms in total. The van der Waals surface area contributed by atoms with Crippen molar-refractivity contribution in [2.45, 2.75) is 25.3 Å². The summed E-state index contributed by atoms with van der Waals surface area (Å²) in [5.41, 5.74) is 3.93. The van der Waals surface area contributed by atoms with Crippen LogP contribution in [0.3, 0.4) is 0 Å². The minimum atomic E-state index is 0.268. The summed E-state index contributed by atoms with van der Waals surface area (Å²) in [4.78, 5) is 11.9. The van der Waals surface area contributed by atoms with E-state index in [4.69, 9.17) is 19.4 Å². The number of hydrogen-bond donors (Lipinski definition) is 2. The summed E-state index contributed by atoms with van der Waals surface area (Å²) in [5, 5.41) is 15.1. The van der Waals surface area contributed by atoms with E-state index in [1.54, 1.807) is 17.0 Å². The van der Waals surface area contributed by atoms with E-state index in [-0.39, 0.29) is 5.41 Å². The summed E-state index contributed by atoms with van der Waals surface area (Å²) in [6.07, 6.45) is 8.45. The quantitative estimate of drug-likeness (QED) is 0.681. The van der Waals surface area contributed by atoms with Gasteiger partial charge in [-0.3, -0.25) is 5.10 Å². The number of nitrogens with one attached hydrogen (secondary N) is 2. The molecule has 3 aliphatic heterocycles. The Morgan fingerprint density at radius 2 is 2.07 bits per heavy atom. The fraction of sp³-hybridized carbons (Fsp3) is 0.579. The number of anilines is 2. The Bertz CT molecular complexity index is 997. The molecule has 3 fully saturated rings. The van der Waals surface area contributed by atoms with E-state index in [2.05, 4.69) is 25.5 Å². The molecule has 0 atom stereocenters. The summed E-state index contributed by atoms with van der Waals surface area (Å²) in [6, 6.07) is 0.342. The molecule has 29 heavy (non-hydrogen) atoms. The highest BCUT2D eigenvalue weighted by molar-refractivity contribution is 5.85. The third-order valence-electron chi connectivity index (χ3n) is 6.24. The number of aromatic nitrogens is 6. The van der Waals surface area contributed by atoms with Gasteiger partial charge in [0.2, 0.25) is 5.95 Å². The predicted octanol–water partition coefficient (Wildman–Crippen LogP) is 1.33. The lowest BCUT2D eigenvalue weighted by molar-refractivity contribution is 0.0903. The first kappa shape index (κ1) is 17.2. The van der Waals surface area contributed by atoms with E-state index < -0.39 is 0 Å². The topological polar surface area (TPSA) is 105 Å². The molecule has 0 saturated carbocycles. The van der Waals surface area contributed by atoms with Gasteiger partial charge in [0.15, 0.2) is 5.65 Å². The van der Waals surface area contributed by atoms with Crippen LogP contribution in [-0.4, -0.2) is 75.3 Å². The minimum Gasteiger partial charge on any atom is -0.381 e. The normalized spacial score (nSPS) is 21.7. The Hall–Kier alpha value is -2.72. The average molecular weight is 396 g/mol. The minimum absolute atomic E-state index is 0.268. The number of ether oxygens (including phenoxy) is 2. The summed E-state index contributed by atoms with van der Waals surface area (Å²) < 4.78 is 12.9. The molecule has 0 amide bonds. The van der Waals surface area contributed by atoms with Crippen LogP contribution in [0.5, 0.6) is 0 Å². The molecule has 2 N–H and O–H groups in total. The molecule has 6 heterocycles. The first-order chi connectivity index (χ1) is 14.3. The number of aromatic amines is 1. The van der Waals surface area contributed by atoms with Crippen molar-refractivity contribution in [1.82, 2.24) is 29.8 Å². The van der Waals surface area contributed by atoms with Crippen LogP contribution in [0.25, 0.3) is 16.9 Å². The van der Waals surface area contributed by atoms with Crippen molar-refractivity contribution >= 4 is 17.3 Å². The van der Waals surface area contributed by atoms with Gasteiger partial charge in [-0.05, 0) is 19.3 Å². The lowest BCUT2D eigenvalue weighted by atomic mass is 9.79. The van der Waals surface area contributed by atoms with Crippen molar-refractivity contribution in [3.05, 3.63) is 18.7 Å². The maximum atomic E-state index is 5.65. The third-order valence-corrected chi connectivity index (χ3v) is 6.24. The Morgan fingerprint density at radius 1 is 1.17 bits per heavy atom.